The van der Waals surface area contributed by atoms with Crippen LogP contribution in [0.2, 0.25) is 0 Å². The van der Waals surface area contributed by atoms with Crippen LogP contribution in [0, 0.1) is 5.92 Å². The summed E-state index contributed by atoms with van der Waals surface area (Å²) in [5, 5.41) is 0. The minimum Gasteiger partial charge on any atom is -0.303 e. The Morgan fingerprint density at radius 3 is 1.94 bits per heavy atom. The third-order valence-electron chi connectivity index (χ3n) is 3.37. The molecule has 0 aliphatic rings. The van der Waals surface area contributed by atoms with Gasteiger partial charge in [0.15, 0.2) is 0 Å². The largest absolute Gasteiger partial charge is 0.303 e. The molecule has 0 aromatic carbocycles. The number of aldehydes is 1. The fraction of sp³-hybridized carbons (Fsp3) is 0.933. The molecule has 0 saturated heterocycles. The minimum atomic E-state index is 0.768. The number of unbranched alkanes of at least 4 members (excludes halogenated alkanes) is 5. The summed E-state index contributed by atoms with van der Waals surface area (Å²) in [5.41, 5.74) is 0. The Morgan fingerprint density at radius 2 is 1.38 bits per heavy atom. The van der Waals surface area contributed by atoms with Crippen molar-refractivity contribution >= 4 is 6.29 Å². The van der Waals surface area contributed by atoms with Crippen LogP contribution < -0.4 is 0 Å². The van der Waals surface area contributed by atoms with Crippen molar-refractivity contribution in [2.24, 2.45) is 5.92 Å². The van der Waals surface area contributed by atoms with Gasteiger partial charge in [-0.25, -0.2) is 0 Å². The van der Waals surface area contributed by atoms with Crippen LogP contribution in [-0.4, -0.2) is 6.29 Å². The molecule has 1 nitrogen and oxygen atoms in total. The van der Waals surface area contributed by atoms with E-state index in [2.05, 4.69) is 13.8 Å². The lowest BCUT2D eigenvalue weighted by atomic mass is 9.91. The summed E-state index contributed by atoms with van der Waals surface area (Å²) < 4.78 is 0. The number of hydrogen-bond acceptors (Lipinski definition) is 1. The fourth-order valence-electron chi connectivity index (χ4n) is 2.28. The summed E-state index contributed by atoms with van der Waals surface area (Å²) in [6.45, 7) is 4.51. The van der Waals surface area contributed by atoms with E-state index in [4.69, 9.17) is 0 Å². The van der Waals surface area contributed by atoms with Crippen molar-refractivity contribution in [3.63, 3.8) is 0 Å². The molecule has 0 aliphatic carbocycles. The van der Waals surface area contributed by atoms with E-state index in [-0.39, 0.29) is 0 Å². The van der Waals surface area contributed by atoms with E-state index in [1.165, 1.54) is 57.8 Å². The van der Waals surface area contributed by atoms with E-state index < -0.39 is 0 Å². The van der Waals surface area contributed by atoms with Gasteiger partial charge in [-0.1, -0.05) is 71.6 Å². The molecule has 16 heavy (non-hydrogen) atoms. The normalized spacial score (nSPS) is 12.6. The third-order valence-corrected chi connectivity index (χ3v) is 3.37. The van der Waals surface area contributed by atoms with Crippen molar-refractivity contribution in [3.8, 4) is 0 Å². The maximum absolute atomic E-state index is 10.4. The Bertz CT molecular complexity index is 142. The van der Waals surface area contributed by atoms with Crippen molar-refractivity contribution in [1.29, 1.82) is 0 Å². The van der Waals surface area contributed by atoms with Crippen LogP contribution in [0.1, 0.15) is 84.5 Å². The summed E-state index contributed by atoms with van der Waals surface area (Å²) in [5.74, 6) is 0.814. The molecule has 1 unspecified atom stereocenters. The molecular formula is C15H30O. The van der Waals surface area contributed by atoms with E-state index in [0.717, 1.165) is 25.0 Å². The molecule has 1 heteroatoms. The Hall–Kier alpha value is -0.330. The molecular weight excluding hydrogens is 196 g/mol. The van der Waals surface area contributed by atoms with E-state index >= 15 is 0 Å². The first kappa shape index (κ1) is 15.7. The fourth-order valence-corrected chi connectivity index (χ4v) is 2.28. The van der Waals surface area contributed by atoms with Crippen molar-refractivity contribution in [2.75, 3.05) is 0 Å². The van der Waals surface area contributed by atoms with Gasteiger partial charge in [0.2, 0.25) is 0 Å². The van der Waals surface area contributed by atoms with E-state index in [0.29, 0.717) is 0 Å². The highest BCUT2D eigenvalue weighted by Crippen LogP contribution is 2.22. The molecule has 0 saturated carbocycles. The first-order chi connectivity index (χ1) is 7.85. The van der Waals surface area contributed by atoms with Crippen molar-refractivity contribution in [3.05, 3.63) is 0 Å². The summed E-state index contributed by atoms with van der Waals surface area (Å²) in [4.78, 5) is 10.4. The van der Waals surface area contributed by atoms with Crippen molar-refractivity contribution in [1.82, 2.24) is 0 Å². The molecule has 0 spiro atoms. The van der Waals surface area contributed by atoms with Crippen LogP contribution in [0.4, 0.5) is 0 Å². The van der Waals surface area contributed by atoms with Gasteiger partial charge >= 0.3 is 0 Å². The summed E-state index contributed by atoms with van der Waals surface area (Å²) in [7, 11) is 0. The van der Waals surface area contributed by atoms with Crippen LogP contribution in [-0.2, 0) is 4.79 Å². The predicted molar refractivity (Wildman–Crippen MR) is 71.7 cm³/mol. The monoisotopic (exact) mass is 226 g/mol. The third kappa shape index (κ3) is 10.2. The van der Waals surface area contributed by atoms with Crippen LogP contribution in [0.3, 0.4) is 0 Å². The Morgan fingerprint density at radius 1 is 0.812 bits per heavy atom. The topological polar surface area (TPSA) is 17.1 Å². The van der Waals surface area contributed by atoms with Gasteiger partial charge in [-0.2, -0.15) is 0 Å². The maximum atomic E-state index is 10.4. The van der Waals surface area contributed by atoms with Gasteiger partial charge in [0, 0.05) is 6.42 Å². The Balaban J connectivity index is 3.58. The van der Waals surface area contributed by atoms with E-state index in [1.807, 2.05) is 0 Å². The predicted octanol–water partition coefficient (Wildman–Crippen LogP) is 5.13. The van der Waals surface area contributed by atoms with Gasteiger partial charge in [-0.15, -0.1) is 0 Å². The molecule has 0 radical (unpaired) electrons. The molecule has 1 atom stereocenters. The van der Waals surface area contributed by atoms with Crippen molar-refractivity contribution < 1.29 is 4.79 Å². The minimum absolute atomic E-state index is 0.768. The zero-order valence-corrected chi connectivity index (χ0v) is 11.3. The zero-order valence-electron chi connectivity index (χ0n) is 11.3. The van der Waals surface area contributed by atoms with E-state index in [1.54, 1.807) is 0 Å². The molecule has 0 bridgehead atoms. The van der Waals surface area contributed by atoms with Gasteiger partial charge in [0.25, 0.3) is 0 Å². The molecule has 0 amide bonds. The van der Waals surface area contributed by atoms with Crippen LogP contribution in [0.5, 0.6) is 0 Å². The zero-order chi connectivity index (χ0) is 12.1. The molecule has 0 heterocycles. The lowest BCUT2D eigenvalue weighted by molar-refractivity contribution is -0.108. The van der Waals surface area contributed by atoms with Gasteiger partial charge in [-0.3, -0.25) is 0 Å². The number of carbonyl (C=O) groups is 1. The van der Waals surface area contributed by atoms with Gasteiger partial charge in [-0.05, 0) is 12.3 Å². The Labute approximate surface area is 102 Å². The quantitative estimate of drug-likeness (QED) is 0.333. The SMILES string of the molecule is CCCCCCC(CCC=O)CCCCC. The van der Waals surface area contributed by atoms with Gasteiger partial charge in [0.05, 0.1) is 0 Å². The standard InChI is InChI=1S/C15H30O/c1-3-5-7-9-12-15(13-10-14-16)11-8-6-4-2/h14-15H,3-13H2,1-2H3. The summed E-state index contributed by atoms with van der Waals surface area (Å²) in [6, 6.07) is 0. The average Bonchev–Trinajstić information content (AvgIpc) is 2.31. The molecule has 0 aliphatic heterocycles. The maximum Gasteiger partial charge on any atom is 0.120 e. The first-order valence-electron chi connectivity index (χ1n) is 7.28. The number of hydrogen-bond donors (Lipinski definition) is 0. The molecule has 0 fully saturated rings. The van der Waals surface area contributed by atoms with Crippen molar-refractivity contribution in [2.45, 2.75) is 84.5 Å². The van der Waals surface area contributed by atoms with Gasteiger partial charge in [0.1, 0.15) is 6.29 Å². The highest BCUT2D eigenvalue weighted by atomic mass is 16.1. The van der Waals surface area contributed by atoms with Crippen LogP contribution in [0.25, 0.3) is 0 Å². The highest BCUT2D eigenvalue weighted by molar-refractivity contribution is 5.49. The lowest BCUT2D eigenvalue weighted by Crippen LogP contribution is -2.01. The second-order valence-electron chi connectivity index (χ2n) is 4.96. The molecule has 0 N–H and O–H groups in total. The molecule has 0 aromatic rings. The van der Waals surface area contributed by atoms with Crippen LogP contribution in [0.15, 0.2) is 0 Å². The van der Waals surface area contributed by atoms with E-state index in [9.17, 15) is 4.79 Å². The first-order valence-corrected chi connectivity index (χ1v) is 7.28. The Kier molecular flexibility index (Phi) is 12.5. The van der Waals surface area contributed by atoms with Crippen LogP contribution >= 0.6 is 0 Å². The second-order valence-corrected chi connectivity index (χ2v) is 4.96. The molecule has 0 rings (SSSR count). The molecule has 0 aromatic heterocycles. The lowest BCUT2D eigenvalue weighted by Gasteiger charge is -2.15. The molecule has 96 valence electrons. The number of carbonyl (C=O) groups excluding carboxylic acids is 1. The smallest absolute Gasteiger partial charge is 0.120 e. The number of rotatable bonds is 12. The summed E-state index contributed by atoms with van der Waals surface area (Å²) in [6.07, 6.45) is 15.1. The van der Waals surface area contributed by atoms with Gasteiger partial charge < -0.3 is 4.79 Å². The summed E-state index contributed by atoms with van der Waals surface area (Å²) >= 11 is 0. The second kappa shape index (κ2) is 12.7. The highest BCUT2D eigenvalue weighted by Gasteiger charge is 2.07. The average molecular weight is 226 g/mol.